The van der Waals surface area contributed by atoms with E-state index in [-0.39, 0.29) is 67.6 Å². The molecule has 4 rings (SSSR count). The predicted octanol–water partition coefficient (Wildman–Crippen LogP) is -6.14. The van der Waals surface area contributed by atoms with Gasteiger partial charge in [0.2, 0.25) is 11.8 Å². The van der Waals surface area contributed by atoms with E-state index in [0.717, 1.165) is 4.90 Å². The lowest BCUT2D eigenvalue weighted by Gasteiger charge is -2.41. The molecule has 2 aliphatic heterocycles. The Hall–Kier alpha value is -2.24. The Bertz CT molecular complexity index is 1140. The SMILES string of the molecule is [B]c1c([B])c2c3c(c([B])c([B])c([B])c3c1[B])N(C1([B])CCC(=O)NC1=O)C2=O. The highest BCUT2D eigenvalue weighted by Gasteiger charge is 2.50. The van der Waals surface area contributed by atoms with Crippen LogP contribution >= 0.6 is 0 Å². The first-order valence-electron chi connectivity index (χ1n) is 8.26. The Morgan fingerprint density at radius 1 is 0.786 bits per heavy atom. The van der Waals surface area contributed by atoms with Gasteiger partial charge in [0.05, 0.1) is 5.44 Å². The number of anilines is 1. The molecule has 1 N–H and O–H groups in total. The van der Waals surface area contributed by atoms with E-state index in [0.29, 0.717) is 0 Å². The molecule has 0 aromatic heterocycles. The van der Waals surface area contributed by atoms with Crippen molar-refractivity contribution in [3.63, 3.8) is 0 Å². The number of carbonyl (C=O) groups excluding carboxylic acids is 3. The maximum atomic E-state index is 13.3. The van der Waals surface area contributed by atoms with Crippen molar-refractivity contribution in [3.8, 4) is 0 Å². The zero-order valence-electron chi connectivity index (χ0n) is 14.6. The van der Waals surface area contributed by atoms with Crippen LogP contribution in [0.25, 0.3) is 10.8 Å². The number of nitrogens with one attached hydrogen (secondary N) is 1. The number of carbonyl (C=O) groups is 3. The van der Waals surface area contributed by atoms with Crippen LogP contribution in [0.1, 0.15) is 23.2 Å². The highest BCUT2D eigenvalue weighted by Crippen LogP contribution is 2.39. The number of piperidine rings is 1. The van der Waals surface area contributed by atoms with Crippen molar-refractivity contribution >= 4 is 122 Å². The molecule has 3 amide bonds. The number of rotatable bonds is 1. The first-order chi connectivity index (χ1) is 13.0. The highest BCUT2D eigenvalue weighted by molar-refractivity contribution is 6.70. The van der Waals surface area contributed by atoms with Crippen molar-refractivity contribution in [1.29, 1.82) is 0 Å². The second-order valence-corrected chi connectivity index (χ2v) is 6.90. The van der Waals surface area contributed by atoms with Gasteiger partial charge in [-0.3, -0.25) is 19.7 Å². The molecular weight excluding hydrogens is 344 g/mol. The normalized spacial score (nSPS) is 21.4. The maximum Gasteiger partial charge on any atom is 0.258 e. The van der Waals surface area contributed by atoms with E-state index in [1.165, 1.54) is 0 Å². The summed E-state index contributed by atoms with van der Waals surface area (Å²) in [4.78, 5) is 38.5. The summed E-state index contributed by atoms with van der Waals surface area (Å²) in [5.41, 5.74) is -2.03. The molecule has 1 unspecified atom stereocenters. The molecule has 0 saturated carbocycles. The Labute approximate surface area is 170 Å². The van der Waals surface area contributed by atoms with Gasteiger partial charge in [0, 0.05) is 23.1 Å². The highest BCUT2D eigenvalue weighted by atomic mass is 16.2. The van der Waals surface area contributed by atoms with Crippen LogP contribution in [0.4, 0.5) is 5.69 Å². The van der Waals surface area contributed by atoms with E-state index in [4.69, 9.17) is 54.9 Å². The first kappa shape index (κ1) is 19.1. The molecule has 1 saturated heterocycles. The van der Waals surface area contributed by atoms with Crippen LogP contribution in [0, 0.1) is 0 Å². The van der Waals surface area contributed by atoms with Crippen LogP contribution in [0.15, 0.2) is 0 Å². The summed E-state index contributed by atoms with van der Waals surface area (Å²) in [5.74, 6) is -2.07. The van der Waals surface area contributed by atoms with E-state index in [2.05, 4.69) is 5.32 Å². The zero-order chi connectivity index (χ0) is 20.7. The lowest BCUT2D eigenvalue weighted by Crippen LogP contribution is -2.65. The minimum absolute atomic E-state index is 0.0235. The van der Waals surface area contributed by atoms with Crippen LogP contribution in [0.3, 0.4) is 0 Å². The number of hydrogen-bond donors (Lipinski definition) is 1. The number of amides is 3. The molecular formula is C16H5B7N2O3. The Morgan fingerprint density at radius 2 is 1.36 bits per heavy atom. The van der Waals surface area contributed by atoms with Crippen molar-refractivity contribution < 1.29 is 14.4 Å². The van der Waals surface area contributed by atoms with Gasteiger partial charge in [-0.25, -0.2) is 0 Å². The van der Waals surface area contributed by atoms with Gasteiger partial charge >= 0.3 is 0 Å². The first-order valence-corrected chi connectivity index (χ1v) is 8.26. The summed E-state index contributed by atoms with van der Waals surface area (Å²) in [5, 5.41) is 2.55. The zero-order valence-corrected chi connectivity index (χ0v) is 14.6. The van der Waals surface area contributed by atoms with E-state index in [1.807, 2.05) is 0 Å². The number of nitrogens with zero attached hydrogens (tertiary/aromatic N) is 1. The van der Waals surface area contributed by atoms with Gasteiger partial charge in [-0.1, -0.05) is 21.9 Å². The van der Waals surface area contributed by atoms with Crippen LogP contribution in [-0.2, 0) is 9.59 Å². The van der Waals surface area contributed by atoms with Crippen LogP contribution in [0.2, 0.25) is 0 Å². The summed E-state index contributed by atoms with van der Waals surface area (Å²) in [6.45, 7) is 0. The summed E-state index contributed by atoms with van der Waals surface area (Å²) in [7, 11) is 42.7. The molecule has 1 fully saturated rings. The Morgan fingerprint density at radius 3 is 1.93 bits per heavy atom. The average Bonchev–Trinajstić information content (AvgIpc) is 2.95. The Kier molecular flexibility index (Phi) is 4.01. The third kappa shape index (κ3) is 2.15. The van der Waals surface area contributed by atoms with Crippen LogP contribution in [-0.4, -0.2) is 78.1 Å². The molecule has 2 aliphatic rings. The van der Waals surface area contributed by atoms with Crippen molar-refractivity contribution in [1.82, 2.24) is 5.32 Å². The monoisotopic (exact) mass is 350 g/mol. The summed E-state index contributed by atoms with van der Waals surface area (Å²) in [6.07, 6.45) is -0.205. The van der Waals surface area contributed by atoms with Gasteiger partial charge in [-0.05, 0) is 11.8 Å². The number of benzene rings is 2. The number of imide groups is 1. The lowest BCUT2D eigenvalue weighted by atomic mass is 9.62. The summed E-state index contributed by atoms with van der Waals surface area (Å²) >= 11 is 0. The minimum atomic E-state index is -1.90. The van der Waals surface area contributed by atoms with E-state index >= 15 is 0 Å². The molecule has 0 bridgehead atoms. The van der Waals surface area contributed by atoms with Crippen LogP contribution < -0.4 is 43.0 Å². The molecule has 0 aliphatic carbocycles. The third-order valence-electron chi connectivity index (χ3n) is 5.38. The maximum absolute atomic E-state index is 13.3. The topological polar surface area (TPSA) is 66.5 Å². The standard InChI is InChI=1S/C16H5B7N2O3/c17-7-5-4-6(9(19)10(7)20)14(27)25(13(4)12(22)11(21)8(5)18)16(23)2-1-3(26)24-15(16)28/h1-2H2,(H,24,26,28). The van der Waals surface area contributed by atoms with Gasteiger partial charge in [-0.15, -0.1) is 10.9 Å². The molecule has 2 aromatic rings. The summed E-state index contributed by atoms with van der Waals surface area (Å²) in [6, 6.07) is 0. The van der Waals surface area contributed by atoms with E-state index in [9.17, 15) is 14.4 Å². The fourth-order valence-corrected chi connectivity index (χ4v) is 3.84. The fourth-order valence-electron chi connectivity index (χ4n) is 3.84. The fraction of sp³-hybridized carbons (Fsp3) is 0.188. The summed E-state index contributed by atoms with van der Waals surface area (Å²) < 4.78 is 0. The van der Waals surface area contributed by atoms with Crippen molar-refractivity contribution in [2.75, 3.05) is 4.90 Å². The van der Waals surface area contributed by atoms with Gasteiger partial charge < -0.3 is 4.90 Å². The van der Waals surface area contributed by atoms with Crippen molar-refractivity contribution in [3.05, 3.63) is 5.56 Å². The van der Waals surface area contributed by atoms with Gasteiger partial charge in [0.15, 0.2) is 0 Å². The van der Waals surface area contributed by atoms with Gasteiger partial charge in [-0.2, -0.15) is 0 Å². The molecule has 0 spiro atoms. The second kappa shape index (κ2) is 5.88. The minimum Gasteiger partial charge on any atom is -0.302 e. The molecule has 5 nitrogen and oxygen atoms in total. The molecule has 118 valence electrons. The average molecular weight is 349 g/mol. The molecule has 1 atom stereocenters. The van der Waals surface area contributed by atoms with Crippen molar-refractivity contribution in [2.45, 2.75) is 18.3 Å². The number of hydrogen-bond acceptors (Lipinski definition) is 3. The molecule has 14 radical (unpaired) electrons. The van der Waals surface area contributed by atoms with Gasteiger partial charge in [0.1, 0.15) is 54.9 Å². The molecule has 2 aromatic carbocycles. The largest absolute Gasteiger partial charge is 0.302 e. The van der Waals surface area contributed by atoms with Gasteiger partial charge in [0.25, 0.3) is 5.91 Å². The van der Waals surface area contributed by atoms with Crippen molar-refractivity contribution in [2.24, 2.45) is 0 Å². The van der Waals surface area contributed by atoms with E-state index < -0.39 is 23.2 Å². The second-order valence-electron chi connectivity index (χ2n) is 6.90. The smallest absolute Gasteiger partial charge is 0.258 e. The lowest BCUT2D eigenvalue weighted by molar-refractivity contribution is -0.135. The molecule has 28 heavy (non-hydrogen) atoms. The molecule has 12 heteroatoms. The quantitative estimate of drug-likeness (QED) is 0.412. The molecule has 2 heterocycles. The third-order valence-corrected chi connectivity index (χ3v) is 5.38. The Balaban J connectivity index is 2.13. The van der Waals surface area contributed by atoms with E-state index in [1.54, 1.807) is 0 Å². The predicted molar refractivity (Wildman–Crippen MR) is 114 cm³/mol. The van der Waals surface area contributed by atoms with Crippen LogP contribution in [0.5, 0.6) is 0 Å².